The van der Waals surface area contributed by atoms with Crippen LogP contribution < -0.4 is 0 Å². The lowest BCUT2D eigenvalue weighted by molar-refractivity contribution is 0.668. The van der Waals surface area contributed by atoms with Gasteiger partial charge < -0.3 is 17.7 Å². The molecular formula is C82H48O4. The number of fused-ring (bicyclic) bond motifs is 16. The van der Waals surface area contributed by atoms with Crippen LogP contribution in [0.4, 0.5) is 0 Å². The second-order valence-electron chi connectivity index (χ2n) is 18.8. The summed E-state index contributed by atoms with van der Waals surface area (Å²) in [6, 6.07) is -40.4. The minimum atomic E-state index is -1.06. The lowest BCUT2D eigenvalue weighted by Crippen LogP contribution is -1.91. The van der Waals surface area contributed by atoms with Crippen molar-refractivity contribution in [3.8, 4) is 55.6 Å². The van der Waals surface area contributed by atoms with Gasteiger partial charge in [-0.25, -0.2) is 0 Å². The summed E-state index contributed by atoms with van der Waals surface area (Å²) in [6.07, 6.45) is 0. The molecule has 0 atom stereocenters. The van der Waals surface area contributed by atoms with Gasteiger partial charge in [0.25, 0.3) is 0 Å². The van der Waals surface area contributed by atoms with E-state index in [2.05, 4.69) is 0 Å². The highest BCUT2D eigenvalue weighted by Crippen LogP contribution is 2.49. The molecule has 0 spiro atoms. The lowest BCUT2D eigenvalue weighted by Gasteiger charge is -2.18. The summed E-state index contributed by atoms with van der Waals surface area (Å²) in [5.74, 6) is 0. The van der Waals surface area contributed by atoms with Gasteiger partial charge in [0.15, 0.2) is 0 Å². The fraction of sp³-hybridized carbons (Fsp3) is 0. The van der Waals surface area contributed by atoms with Gasteiger partial charge in [0.1, 0.15) is 44.7 Å². The Morgan fingerprint density at radius 3 is 0.849 bits per heavy atom. The zero-order chi connectivity index (χ0) is 98.2. The second kappa shape index (κ2) is 19.0. The number of benzene rings is 15. The van der Waals surface area contributed by atoms with E-state index in [1.807, 2.05) is 0 Å². The van der Waals surface area contributed by atoms with Gasteiger partial charge in [-0.2, -0.15) is 0 Å². The molecule has 0 aliphatic heterocycles. The van der Waals surface area contributed by atoms with E-state index >= 15 is 0 Å². The maximum atomic E-state index is 9.59. The van der Waals surface area contributed by atoms with Crippen LogP contribution in [0.15, 0.2) is 308 Å². The quantitative estimate of drug-likeness (QED) is 0.161. The van der Waals surface area contributed by atoms with Gasteiger partial charge in [-0.3, -0.25) is 0 Å². The Morgan fingerprint density at radius 2 is 0.442 bits per heavy atom. The van der Waals surface area contributed by atoms with Crippen molar-refractivity contribution < 1.29 is 83.5 Å². The Balaban J connectivity index is 0.000000181. The van der Waals surface area contributed by atoms with Gasteiger partial charge in [0.2, 0.25) is 0 Å². The molecular weight excluding hydrogens is 1050 g/mol. The highest BCUT2D eigenvalue weighted by atomic mass is 16.3. The van der Waals surface area contributed by atoms with E-state index in [0.717, 1.165) is 0 Å². The van der Waals surface area contributed by atoms with E-state index in [0.29, 0.717) is 0 Å². The SMILES string of the molecule is [2H]c1c([2H])c(-c2c3c([2H])c([2H])c([2H])c([2H])c3c(-c3c([2H])c([2H])c([2H])c4c3oc3c([2H])c([2H])c([2H])c([2H])c34)c3c([2H])c([2H])c([2H])c([2H])c23)c([2H])c([2H])c1-c1c([2H])c([2H])c([2H])c2c1oc1c([2H])c([2H])c([2H])c([2H])c12.[2H]c1c([2H])c([2H])c2c(oc3c([2H])c(-c4c5c([2H])c([2H])c([2H])c([2H])c5c(-c5c([2H])c([2H])c6c(oc7c([2H])c([2H])c([2H])c([2H])c76)c5[2H])c5c([2H])c([2H])c([2H])c([2H])c45)c([2H])c([2H])c32)c1[2H]. The van der Waals surface area contributed by atoms with Crippen molar-refractivity contribution in [2.24, 2.45) is 0 Å². The third-order valence-corrected chi connectivity index (χ3v) is 14.3. The number of para-hydroxylation sites is 6. The first-order valence-corrected chi connectivity index (χ1v) is 25.4. The Hall–Kier alpha value is -11.5. The monoisotopic (exact) mass is 1140 g/mol. The number of hydrogen-bond acceptors (Lipinski definition) is 4. The van der Waals surface area contributed by atoms with Crippen molar-refractivity contribution in [2.75, 3.05) is 0 Å². The molecule has 19 rings (SSSR count). The minimum Gasteiger partial charge on any atom is -0.456 e. The van der Waals surface area contributed by atoms with Crippen LogP contribution in [0, 0.1) is 0 Å². The number of furan rings is 4. The third-order valence-electron chi connectivity index (χ3n) is 14.3. The first-order chi connectivity index (χ1) is 62.6. The van der Waals surface area contributed by atoms with Crippen molar-refractivity contribution in [2.45, 2.75) is 0 Å². The maximum Gasteiger partial charge on any atom is 0.143 e. The predicted molar refractivity (Wildman–Crippen MR) is 359 cm³/mol. The number of rotatable bonds is 5. The fourth-order valence-electron chi connectivity index (χ4n) is 10.7. The second-order valence-corrected chi connectivity index (χ2v) is 18.8. The highest BCUT2D eigenvalue weighted by Gasteiger charge is 2.23. The van der Waals surface area contributed by atoms with Crippen LogP contribution in [0.2, 0.25) is 0 Å². The summed E-state index contributed by atoms with van der Waals surface area (Å²) >= 11 is 0. The first-order valence-electron chi connectivity index (χ1n) is 49.4. The largest absolute Gasteiger partial charge is 0.456 e. The average Bonchev–Trinajstić information content (AvgIpc) is 0.871. The lowest BCUT2D eigenvalue weighted by atomic mass is 9.85. The first kappa shape index (κ1) is 20.7. The van der Waals surface area contributed by atoms with E-state index in [-0.39, 0.29) is 26.9 Å². The summed E-state index contributed by atoms with van der Waals surface area (Å²) in [6.45, 7) is 0. The molecule has 0 saturated heterocycles. The smallest absolute Gasteiger partial charge is 0.143 e. The van der Waals surface area contributed by atoms with E-state index in [1.54, 1.807) is 0 Å². The van der Waals surface area contributed by atoms with Crippen LogP contribution in [0.25, 0.3) is 186 Å². The summed E-state index contributed by atoms with van der Waals surface area (Å²) < 4.78 is 451. The van der Waals surface area contributed by atoms with Gasteiger partial charge in [0, 0.05) is 59.8 Å². The zero-order valence-corrected chi connectivity index (χ0v) is 42.6. The zero-order valence-electron chi connectivity index (χ0n) is 90.6. The molecule has 4 heteroatoms. The number of hydrogen-bond donors (Lipinski definition) is 0. The molecule has 0 amide bonds. The van der Waals surface area contributed by atoms with Crippen LogP contribution in [-0.4, -0.2) is 0 Å². The molecule has 400 valence electrons. The molecule has 0 bridgehead atoms. The van der Waals surface area contributed by atoms with Crippen molar-refractivity contribution in [1.29, 1.82) is 0 Å². The normalized spacial score (nSPS) is 19.8. The van der Waals surface area contributed by atoms with Crippen molar-refractivity contribution in [3.63, 3.8) is 0 Å². The topological polar surface area (TPSA) is 52.6 Å². The molecule has 0 unspecified atom stereocenters. The van der Waals surface area contributed by atoms with Crippen LogP contribution in [0.1, 0.15) is 65.8 Å². The molecule has 0 aliphatic carbocycles. The highest BCUT2D eigenvalue weighted by molar-refractivity contribution is 6.25. The van der Waals surface area contributed by atoms with Gasteiger partial charge in [-0.05, 0) is 130 Å². The van der Waals surface area contributed by atoms with Crippen LogP contribution in [0.5, 0.6) is 0 Å². The van der Waals surface area contributed by atoms with Crippen LogP contribution in [0.3, 0.4) is 0 Å². The molecule has 0 radical (unpaired) electrons. The third kappa shape index (κ3) is 7.36. The fourth-order valence-corrected chi connectivity index (χ4v) is 10.7. The molecule has 86 heavy (non-hydrogen) atoms. The minimum absolute atomic E-state index is 0.329. The maximum absolute atomic E-state index is 9.59. The molecule has 0 N–H and O–H groups in total. The van der Waals surface area contributed by atoms with Gasteiger partial charge in [0.05, 0.1) is 65.8 Å². The average molecular weight is 1150 g/mol. The van der Waals surface area contributed by atoms with E-state index in [9.17, 15) is 23.3 Å². The van der Waals surface area contributed by atoms with Crippen molar-refractivity contribution in [1.82, 2.24) is 0 Å². The Labute approximate surface area is 560 Å². The molecule has 0 aliphatic rings. The van der Waals surface area contributed by atoms with Crippen molar-refractivity contribution in [3.05, 3.63) is 290 Å². The molecule has 0 saturated carbocycles. The summed E-state index contributed by atoms with van der Waals surface area (Å²) in [5, 5.41) is -8.34. The molecule has 15 aromatic carbocycles. The van der Waals surface area contributed by atoms with Crippen LogP contribution >= 0.6 is 0 Å². The Bertz CT molecular complexity index is 8540. The van der Waals surface area contributed by atoms with E-state index in [1.165, 1.54) is 0 Å². The molecule has 4 nitrogen and oxygen atoms in total. The molecule has 4 aromatic heterocycles. The molecule has 0 fully saturated rings. The van der Waals surface area contributed by atoms with Gasteiger partial charge in [-0.1, -0.05) is 242 Å². The van der Waals surface area contributed by atoms with Gasteiger partial charge in [-0.15, -0.1) is 0 Å². The predicted octanol–water partition coefficient (Wildman–Crippen LogP) is 23.9. The Kier molecular flexibility index (Phi) is 4.59. The van der Waals surface area contributed by atoms with E-state index < -0.39 is 450 Å². The van der Waals surface area contributed by atoms with Crippen LogP contribution in [-0.2, 0) is 0 Å². The summed E-state index contributed by atoms with van der Waals surface area (Å²) in [7, 11) is 0. The molecule has 4 heterocycles. The molecule has 19 aromatic rings. The summed E-state index contributed by atoms with van der Waals surface area (Å²) in [4.78, 5) is 0. The summed E-state index contributed by atoms with van der Waals surface area (Å²) in [5.41, 5.74) is -11.1. The standard InChI is InChI=1S/C44H26O2.C38H22O2/c1-3-15-34-32(13-1)41(28-25-23-27(24-26-28)29-17-9-18-36-30-11-5-7-21-39(30)45-43(29)36)33-14-2-4-16-35(33)42(34)38-20-10-19-37-31-12-6-8-22-40(31)46-44(37)38;1-2-12-30-29(11-1)37(23-17-19-27-25-9-5-7-15-33(25)39-35(27)21-23)31-13-3-4-14-32(31)38(30)24-18-20-28-26-10-6-8-16-34(26)40-36(28)22-24/h1-26H;1-22H/i1D,2D,3D,4D,5D,6D,7D,8D,9D,10D,11D,12D,13D,14D,15D,16D,17D,18D,19D,20D,21D,22D,23D,24D,25D,26D;1D,2D,3D,4D,5D,6D,7D,8D,9D,10D,11D,12D,13D,14D,15D,16D,17D,18D,19D,20D,21D,22D. The van der Waals surface area contributed by atoms with Crippen molar-refractivity contribution >= 4 is 131 Å². The Morgan fingerprint density at radius 1 is 0.174 bits per heavy atom. The van der Waals surface area contributed by atoms with Gasteiger partial charge >= 0.3 is 0 Å². The van der Waals surface area contributed by atoms with E-state index in [4.69, 9.17) is 60.2 Å².